The highest BCUT2D eigenvalue weighted by atomic mass is 16.2. The van der Waals surface area contributed by atoms with E-state index in [0.29, 0.717) is 11.0 Å². The predicted molar refractivity (Wildman–Crippen MR) is 113 cm³/mol. The van der Waals surface area contributed by atoms with E-state index < -0.39 is 35.0 Å². The van der Waals surface area contributed by atoms with Crippen molar-refractivity contribution in [3.05, 3.63) is 79.7 Å². The molecule has 11 heteroatoms. The van der Waals surface area contributed by atoms with Crippen molar-refractivity contribution in [3.8, 4) is 0 Å². The fraction of sp³-hybridized carbons (Fsp3) is 0.100. The molecule has 4 aromatic rings. The minimum atomic E-state index is -0.604. The number of carbonyl (C=O) groups excluding carboxylic acids is 2. The summed E-state index contributed by atoms with van der Waals surface area (Å²) in [6.07, 6.45) is 1.13. The number of aromatic amines is 2. The Labute approximate surface area is 172 Å². The van der Waals surface area contributed by atoms with Gasteiger partial charge in [-0.05, 0) is 24.3 Å². The second-order valence-corrected chi connectivity index (χ2v) is 6.63. The van der Waals surface area contributed by atoms with Crippen molar-refractivity contribution in [2.24, 2.45) is 0 Å². The van der Waals surface area contributed by atoms with Crippen LogP contribution in [0.15, 0.2) is 63.0 Å². The normalized spacial score (nSPS) is 10.8. The summed E-state index contributed by atoms with van der Waals surface area (Å²) in [5.41, 5.74) is -0.329. The minimum Gasteiger partial charge on any atom is -0.345 e. The van der Waals surface area contributed by atoms with Gasteiger partial charge in [0, 0.05) is 0 Å². The van der Waals surface area contributed by atoms with Crippen molar-refractivity contribution in [2.75, 3.05) is 11.9 Å². The molecule has 156 valence electrons. The number of rotatable bonds is 5. The number of amides is 2. The fourth-order valence-electron chi connectivity index (χ4n) is 3.18. The van der Waals surface area contributed by atoms with Crippen LogP contribution in [-0.2, 0) is 16.1 Å². The molecule has 0 unspecified atom stereocenters. The van der Waals surface area contributed by atoms with E-state index in [4.69, 9.17) is 0 Å². The van der Waals surface area contributed by atoms with Crippen molar-refractivity contribution in [1.82, 2.24) is 25.1 Å². The zero-order valence-electron chi connectivity index (χ0n) is 16.0. The average molecular weight is 420 g/mol. The van der Waals surface area contributed by atoms with Crippen molar-refractivity contribution < 1.29 is 9.59 Å². The van der Waals surface area contributed by atoms with Crippen molar-refractivity contribution in [1.29, 1.82) is 0 Å². The van der Waals surface area contributed by atoms with Gasteiger partial charge in [0.25, 0.3) is 16.7 Å². The summed E-state index contributed by atoms with van der Waals surface area (Å²) < 4.78 is 1.26. The Morgan fingerprint density at radius 1 is 0.935 bits per heavy atom. The van der Waals surface area contributed by atoms with Crippen LogP contribution in [0.1, 0.15) is 0 Å². The number of para-hydroxylation sites is 2. The molecule has 0 spiro atoms. The highest BCUT2D eigenvalue weighted by molar-refractivity contribution is 6.02. The van der Waals surface area contributed by atoms with E-state index in [2.05, 4.69) is 25.8 Å². The maximum absolute atomic E-state index is 12.3. The Morgan fingerprint density at radius 3 is 2.55 bits per heavy atom. The lowest BCUT2D eigenvalue weighted by Crippen LogP contribution is -2.37. The number of aromatic nitrogens is 4. The molecular weight excluding hydrogens is 404 g/mol. The molecule has 0 bridgehead atoms. The van der Waals surface area contributed by atoms with Gasteiger partial charge in [0.1, 0.15) is 6.54 Å². The van der Waals surface area contributed by atoms with E-state index in [9.17, 15) is 24.0 Å². The van der Waals surface area contributed by atoms with Crippen molar-refractivity contribution in [2.45, 2.75) is 6.54 Å². The van der Waals surface area contributed by atoms with Gasteiger partial charge >= 0.3 is 0 Å². The van der Waals surface area contributed by atoms with Gasteiger partial charge in [0.2, 0.25) is 11.8 Å². The third kappa shape index (κ3) is 3.96. The number of benzene rings is 2. The lowest BCUT2D eigenvalue weighted by Gasteiger charge is -2.11. The number of nitrogens with zero attached hydrogens (tertiary/aromatic N) is 2. The lowest BCUT2D eigenvalue weighted by molar-refractivity contribution is -0.124. The van der Waals surface area contributed by atoms with E-state index >= 15 is 0 Å². The highest BCUT2D eigenvalue weighted by Crippen LogP contribution is 2.16. The van der Waals surface area contributed by atoms with E-state index in [0.717, 1.165) is 6.20 Å². The maximum Gasteiger partial charge on any atom is 0.272 e. The summed E-state index contributed by atoms with van der Waals surface area (Å²) in [5.74, 6) is -1.16. The van der Waals surface area contributed by atoms with Gasteiger partial charge in [-0.2, -0.15) is 0 Å². The highest BCUT2D eigenvalue weighted by Gasteiger charge is 2.13. The second-order valence-electron chi connectivity index (χ2n) is 6.63. The summed E-state index contributed by atoms with van der Waals surface area (Å²) >= 11 is 0. The number of hydrogen-bond acceptors (Lipinski definition) is 6. The number of nitrogens with one attached hydrogen (secondary N) is 4. The first-order chi connectivity index (χ1) is 14.9. The Hall–Kier alpha value is -4.54. The Morgan fingerprint density at radius 2 is 1.71 bits per heavy atom. The zero-order chi connectivity index (χ0) is 22.0. The van der Waals surface area contributed by atoms with Crippen LogP contribution in [0.25, 0.3) is 21.8 Å². The quantitative estimate of drug-likeness (QED) is 0.346. The number of hydrogen-bond donors (Lipinski definition) is 4. The third-order valence-corrected chi connectivity index (χ3v) is 4.60. The standard InChI is InChI=1S/C20H16N6O5/c27-15(23-13-6-3-4-11-18(13)20(31)25-24-19(11)30)8-22-16(28)10-26-14-7-2-1-5-12(14)21-9-17(26)29/h1-7,9H,8,10H2,(H,22,28)(H,23,27)(H,24,30)(H,25,31). The van der Waals surface area contributed by atoms with Crippen LogP contribution in [-0.4, -0.2) is 38.1 Å². The topological polar surface area (TPSA) is 159 Å². The zero-order valence-corrected chi connectivity index (χ0v) is 16.0. The molecule has 2 amide bonds. The molecule has 31 heavy (non-hydrogen) atoms. The Balaban J connectivity index is 1.47. The molecule has 2 heterocycles. The van der Waals surface area contributed by atoms with Crippen LogP contribution in [0.3, 0.4) is 0 Å². The van der Waals surface area contributed by atoms with Gasteiger partial charge in [-0.1, -0.05) is 18.2 Å². The van der Waals surface area contributed by atoms with Crippen LogP contribution in [0.2, 0.25) is 0 Å². The van der Waals surface area contributed by atoms with Crippen molar-refractivity contribution in [3.63, 3.8) is 0 Å². The van der Waals surface area contributed by atoms with E-state index in [1.807, 2.05) is 0 Å². The second kappa shape index (κ2) is 8.06. The van der Waals surface area contributed by atoms with E-state index in [1.165, 1.54) is 22.8 Å². The van der Waals surface area contributed by atoms with Crippen LogP contribution >= 0.6 is 0 Å². The molecule has 0 saturated heterocycles. The molecular formula is C20H16N6O5. The average Bonchev–Trinajstić information content (AvgIpc) is 2.77. The Bertz CT molecular complexity index is 1500. The number of anilines is 1. The summed E-state index contributed by atoms with van der Waals surface area (Å²) in [6.45, 7) is -0.688. The van der Waals surface area contributed by atoms with Crippen LogP contribution in [0, 0.1) is 0 Å². The summed E-state index contributed by atoms with van der Waals surface area (Å²) in [4.78, 5) is 64.6. The van der Waals surface area contributed by atoms with Crippen LogP contribution in [0.5, 0.6) is 0 Å². The van der Waals surface area contributed by atoms with Crippen LogP contribution < -0.4 is 27.3 Å². The molecule has 0 aliphatic carbocycles. The molecule has 0 radical (unpaired) electrons. The Kier molecular flexibility index (Phi) is 5.14. The minimum absolute atomic E-state index is 0.0285. The van der Waals surface area contributed by atoms with Gasteiger partial charge in [0.15, 0.2) is 0 Å². The largest absolute Gasteiger partial charge is 0.345 e. The van der Waals surface area contributed by atoms with Crippen molar-refractivity contribution >= 4 is 39.3 Å². The van der Waals surface area contributed by atoms with E-state index in [1.54, 1.807) is 24.3 Å². The smallest absolute Gasteiger partial charge is 0.272 e. The molecule has 0 atom stereocenters. The maximum atomic E-state index is 12.3. The lowest BCUT2D eigenvalue weighted by atomic mass is 10.1. The summed E-state index contributed by atoms with van der Waals surface area (Å²) in [7, 11) is 0. The molecule has 4 rings (SSSR count). The number of fused-ring (bicyclic) bond motifs is 2. The van der Waals surface area contributed by atoms with Gasteiger partial charge in [-0.15, -0.1) is 0 Å². The van der Waals surface area contributed by atoms with Gasteiger partial charge < -0.3 is 10.6 Å². The van der Waals surface area contributed by atoms with Gasteiger partial charge in [-0.25, -0.2) is 4.98 Å². The summed E-state index contributed by atoms with van der Waals surface area (Å²) in [5, 5.41) is 9.50. The van der Waals surface area contributed by atoms with Gasteiger partial charge in [-0.3, -0.25) is 38.7 Å². The molecule has 2 aromatic heterocycles. The summed E-state index contributed by atoms with van der Waals surface area (Å²) in [6, 6.07) is 11.3. The first kappa shape index (κ1) is 19.8. The monoisotopic (exact) mass is 420 g/mol. The molecule has 0 aliphatic heterocycles. The molecule has 0 saturated carbocycles. The first-order valence-electron chi connectivity index (χ1n) is 9.19. The van der Waals surface area contributed by atoms with Gasteiger partial charge in [0.05, 0.1) is 40.2 Å². The first-order valence-corrected chi connectivity index (χ1v) is 9.19. The predicted octanol–water partition coefficient (Wildman–Crippen LogP) is -0.319. The molecule has 2 aromatic carbocycles. The molecule has 4 N–H and O–H groups in total. The molecule has 0 aliphatic rings. The fourth-order valence-corrected chi connectivity index (χ4v) is 3.18. The van der Waals surface area contributed by atoms with Crippen LogP contribution in [0.4, 0.5) is 5.69 Å². The third-order valence-electron chi connectivity index (χ3n) is 4.60. The van der Waals surface area contributed by atoms with E-state index in [-0.39, 0.29) is 23.0 Å². The SMILES string of the molecule is O=C(Cn1c(=O)cnc2ccccc21)NCC(=O)Nc1cccc2c(=O)[nH][nH]c(=O)c12. The molecule has 11 nitrogen and oxygen atoms in total. The number of H-pyrrole nitrogens is 2. The molecule has 0 fully saturated rings. The number of carbonyl (C=O) groups is 2.